The van der Waals surface area contributed by atoms with Gasteiger partial charge in [-0.25, -0.2) is 4.98 Å². The molecule has 2 fully saturated rings. The van der Waals surface area contributed by atoms with Gasteiger partial charge in [-0.05, 0) is 37.1 Å². The Morgan fingerprint density at radius 3 is 2.43 bits per heavy atom. The lowest BCUT2D eigenvalue weighted by Gasteiger charge is -2.50. The van der Waals surface area contributed by atoms with Crippen LogP contribution >= 0.6 is 0 Å². The third-order valence-electron chi connectivity index (χ3n) is 7.79. The van der Waals surface area contributed by atoms with E-state index >= 15 is 0 Å². The van der Waals surface area contributed by atoms with Crippen molar-refractivity contribution in [2.75, 3.05) is 32.8 Å². The van der Waals surface area contributed by atoms with E-state index in [1.54, 1.807) is 0 Å². The fraction of sp³-hybridized carbons (Fsp3) is 0.538. The number of Topliss-reactive ketones (excluding diaryl/α,β-unsaturated/α-hetero) is 1. The Labute approximate surface area is 208 Å². The fourth-order valence-electron chi connectivity index (χ4n) is 6.09. The number of ketones is 1. The molecule has 2 aromatic rings. The Bertz CT molecular complexity index is 995. The molecule has 3 heterocycles. The minimum atomic E-state index is -1.63. The SMILES string of the molecule is CC[N+]12CCO[B-]1([C@@H](CC(=O)[C@H](Cc1ccccc1)NC(=O)c1cnccn1)CC(C)C)OCC2. The van der Waals surface area contributed by atoms with Crippen molar-refractivity contribution < 1.29 is 23.3 Å². The average Bonchev–Trinajstić information content (AvgIpc) is 3.41. The maximum Gasteiger partial charge on any atom is 0.476 e. The number of rotatable bonds is 11. The molecule has 1 aromatic carbocycles. The summed E-state index contributed by atoms with van der Waals surface area (Å²) in [5.74, 6) is -0.0605. The van der Waals surface area contributed by atoms with Crippen LogP contribution in [0.4, 0.5) is 0 Å². The van der Waals surface area contributed by atoms with Gasteiger partial charge in [0.15, 0.2) is 5.78 Å². The number of carbonyl (C=O) groups excluding carboxylic acids is 2. The lowest BCUT2D eigenvalue weighted by Crippen LogP contribution is -2.65. The highest BCUT2D eigenvalue weighted by molar-refractivity contribution is 6.62. The molecule has 0 saturated carbocycles. The predicted octanol–water partition coefficient (Wildman–Crippen LogP) is 3.03. The Morgan fingerprint density at radius 2 is 1.83 bits per heavy atom. The van der Waals surface area contributed by atoms with Gasteiger partial charge in [0.2, 0.25) is 0 Å². The van der Waals surface area contributed by atoms with Crippen LogP contribution in [0.25, 0.3) is 0 Å². The second-order valence-electron chi connectivity index (χ2n) is 10.3. The van der Waals surface area contributed by atoms with Gasteiger partial charge in [-0.1, -0.05) is 50.6 Å². The van der Waals surface area contributed by atoms with E-state index in [-0.39, 0.29) is 17.3 Å². The van der Waals surface area contributed by atoms with Crippen molar-refractivity contribution in [1.29, 1.82) is 0 Å². The van der Waals surface area contributed by atoms with Gasteiger partial charge < -0.3 is 19.0 Å². The van der Waals surface area contributed by atoms with Crippen molar-refractivity contribution in [1.82, 2.24) is 15.3 Å². The fourth-order valence-corrected chi connectivity index (χ4v) is 6.09. The number of amides is 1. The van der Waals surface area contributed by atoms with Crippen molar-refractivity contribution >= 4 is 18.4 Å². The van der Waals surface area contributed by atoms with E-state index in [9.17, 15) is 9.59 Å². The first-order valence-corrected chi connectivity index (χ1v) is 12.8. The van der Waals surface area contributed by atoms with Crippen LogP contribution in [0.15, 0.2) is 48.9 Å². The summed E-state index contributed by atoms with van der Waals surface area (Å²) in [6.45, 7) is 9.00. The van der Waals surface area contributed by atoms with E-state index < -0.39 is 18.6 Å². The lowest BCUT2D eigenvalue weighted by atomic mass is 9.51. The zero-order valence-corrected chi connectivity index (χ0v) is 21.1. The summed E-state index contributed by atoms with van der Waals surface area (Å²) in [6.07, 6.45) is 5.95. The van der Waals surface area contributed by atoms with E-state index in [4.69, 9.17) is 9.31 Å². The number of aromatic nitrogens is 2. The quantitative estimate of drug-likeness (QED) is 0.498. The van der Waals surface area contributed by atoms with Crippen LogP contribution in [0.3, 0.4) is 0 Å². The van der Waals surface area contributed by atoms with E-state index in [1.807, 2.05) is 30.3 Å². The molecule has 8 nitrogen and oxygen atoms in total. The molecule has 35 heavy (non-hydrogen) atoms. The molecule has 0 unspecified atom stereocenters. The van der Waals surface area contributed by atoms with Gasteiger partial charge in [-0.3, -0.25) is 14.6 Å². The molecule has 2 aliphatic heterocycles. The molecule has 4 rings (SSSR count). The zero-order chi connectivity index (χ0) is 24.9. The summed E-state index contributed by atoms with van der Waals surface area (Å²) in [6, 6.07) is 9.09. The molecule has 0 aliphatic carbocycles. The summed E-state index contributed by atoms with van der Waals surface area (Å²) >= 11 is 0. The van der Waals surface area contributed by atoms with Crippen LogP contribution in [0, 0.1) is 5.92 Å². The number of nitrogens with one attached hydrogen (secondary N) is 1. The molecule has 2 atom stereocenters. The van der Waals surface area contributed by atoms with Gasteiger partial charge in [0.1, 0.15) is 5.69 Å². The first-order valence-electron chi connectivity index (χ1n) is 12.8. The van der Waals surface area contributed by atoms with Gasteiger partial charge in [-0.2, -0.15) is 0 Å². The number of fused-ring (bicyclic) bond motifs is 1. The van der Waals surface area contributed by atoms with Crippen molar-refractivity contribution in [3.8, 4) is 0 Å². The molecule has 2 saturated heterocycles. The third kappa shape index (κ3) is 5.32. The molecule has 1 N–H and O–H groups in total. The van der Waals surface area contributed by atoms with Crippen molar-refractivity contribution in [2.24, 2.45) is 5.92 Å². The van der Waals surface area contributed by atoms with Crippen LogP contribution in [0.1, 0.15) is 49.7 Å². The Morgan fingerprint density at radius 1 is 1.11 bits per heavy atom. The van der Waals surface area contributed by atoms with Gasteiger partial charge in [-0.15, -0.1) is 0 Å². The van der Waals surface area contributed by atoms with Crippen LogP contribution in [-0.2, 0) is 20.5 Å². The second-order valence-corrected chi connectivity index (χ2v) is 10.3. The van der Waals surface area contributed by atoms with Crippen LogP contribution in [0.2, 0.25) is 5.82 Å². The number of benzene rings is 1. The summed E-state index contributed by atoms with van der Waals surface area (Å²) in [4.78, 5) is 34.9. The maximum absolute atomic E-state index is 13.9. The second kappa shape index (κ2) is 11.0. The first kappa shape index (κ1) is 25.5. The number of carbonyl (C=O) groups is 2. The number of nitrogens with zero attached hydrogens (tertiary/aromatic N) is 3. The van der Waals surface area contributed by atoms with E-state index in [0.29, 0.717) is 32.0 Å². The smallest absolute Gasteiger partial charge is 0.476 e. The van der Waals surface area contributed by atoms with Crippen molar-refractivity contribution in [3.05, 3.63) is 60.2 Å². The van der Waals surface area contributed by atoms with Crippen molar-refractivity contribution in [3.63, 3.8) is 0 Å². The molecule has 0 spiro atoms. The topological polar surface area (TPSA) is 90.4 Å². The van der Waals surface area contributed by atoms with Crippen LogP contribution in [-0.4, -0.2) is 71.6 Å². The standard InChI is InChI=1S/C26H37BN4O4/c1-4-31-12-14-34-27(31,35-15-13-31)22(16-20(2)3)18-25(32)23(17-21-8-6-5-7-9-21)30-26(33)24-19-28-10-11-29-24/h5-11,19-20,22-23H,4,12-18H2,1-3H3,(H,30,33)/t22-,23+,27?,31?/m1/s1. The van der Waals surface area contributed by atoms with Gasteiger partial charge >= 0.3 is 6.69 Å². The van der Waals surface area contributed by atoms with Gasteiger partial charge in [0.25, 0.3) is 5.91 Å². The number of hydrogen-bond donors (Lipinski definition) is 1. The maximum atomic E-state index is 13.9. The molecule has 1 aromatic heterocycles. The average molecular weight is 480 g/mol. The number of quaternary nitrogens is 1. The van der Waals surface area contributed by atoms with Gasteiger partial charge in [0, 0.05) is 18.9 Å². The molecule has 9 heteroatoms. The first-order chi connectivity index (χ1) is 16.9. The lowest BCUT2D eigenvalue weighted by molar-refractivity contribution is -0.821. The zero-order valence-electron chi connectivity index (χ0n) is 21.1. The van der Waals surface area contributed by atoms with E-state index in [2.05, 4.69) is 36.1 Å². The largest absolute Gasteiger partial charge is 0.509 e. The van der Waals surface area contributed by atoms with Crippen molar-refractivity contribution in [2.45, 2.75) is 51.9 Å². The highest BCUT2D eigenvalue weighted by Gasteiger charge is 2.62. The molecule has 2 aliphatic rings. The highest BCUT2D eigenvalue weighted by atomic mass is 16.6. The molecular weight excluding hydrogens is 443 g/mol. The summed E-state index contributed by atoms with van der Waals surface area (Å²) in [5, 5.41) is 2.94. The minimum Gasteiger partial charge on any atom is -0.509 e. The van der Waals surface area contributed by atoms with Crippen LogP contribution in [0.5, 0.6) is 0 Å². The monoisotopic (exact) mass is 480 g/mol. The Kier molecular flexibility index (Phi) is 7.99. The normalized spacial score (nSPS) is 25.3. The molecule has 1 amide bonds. The molecule has 188 valence electrons. The molecule has 0 bridgehead atoms. The summed E-state index contributed by atoms with van der Waals surface area (Å²) in [7, 11) is 0. The number of hydrogen-bond acceptors (Lipinski definition) is 6. The predicted molar refractivity (Wildman–Crippen MR) is 134 cm³/mol. The summed E-state index contributed by atoms with van der Waals surface area (Å²) < 4.78 is 13.7. The Balaban J connectivity index is 1.59. The van der Waals surface area contributed by atoms with E-state index in [1.165, 1.54) is 18.6 Å². The van der Waals surface area contributed by atoms with E-state index in [0.717, 1.165) is 36.0 Å². The van der Waals surface area contributed by atoms with Gasteiger partial charge in [0.05, 0.1) is 38.5 Å². The molecular formula is C26H37BN4O4. The third-order valence-corrected chi connectivity index (χ3v) is 7.79. The number of likely N-dealkylation sites (N-methyl/N-ethyl adjacent to an activating group) is 1. The molecule has 0 radical (unpaired) electrons. The highest BCUT2D eigenvalue weighted by Crippen LogP contribution is 2.46. The minimum absolute atomic E-state index is 0.00630. The Hall–Kier alpha value is -2.62. The van der Waals surface area contributed by atoms with Crippen LogP contribution < -0.4 is 5.32 Å². The summed E-state index contributed by atoms with van der Waals surface area (Å²) in [5.41, 5.74) is 1.18.